The predicted molar refractivity (Wildman–Crippen MR) is 156 cm³/mol. The fourth-order valence-corrected chi connectivity index (χ4v) is 3.31. The second kappa shape index (κ2) is 19.6. The Hall–Kier alpha value is -2.41. The summed E-state index contributed by atoms with van der Waals surface area (Å²) in [6.07, 6.45) is 22.4. The zero-order chi connectivity index (χ0) is 30.1. The van der Waals surface area contributed by atoms with Gasteiger partial charge in [0.1, 0.15) is 0 Å². The summed E-state index contributed by atoms with van der Waals surface area (Å²) in [6.45, 7) is 14.8. The zero-order valence-corrected chi connectivity index (χ0v) is 27.5. The Morgan fingerprint density at radius 3 is 0.744 bits per heavy atom. The number of hydrogen-bond donors (Lipinski definition) is 0. The first-order chi connectivity index (χ1) is 18.3. The average molecular weight is 763 g/mol. The van der Waals surface area contributed by atoms with E-state index in [9.17, 15) is 19.6 Å². The molecule has 0 spiro atoms. The molecule has 8 nitrogen and oxygen atoms in total. The summed E-state index contributed by atoms with van der Waals surface area (Å²) in [7, 11) is 9.75. The predicted octanol–water partition coefficient (Wildman–Crippen LogP) is 7.89. The maximum absolute atomic E-state index is 10.9. The fourth-order valence-electron chi connectivity index (χ4n) is 3.31. The Kier molecular flexibility index (Phi) is 18.4. The SMILES string of the molecule is CC1=CC=CC(C)[N+]1=O.CC1=CC=CC(C)[N+]1=O.CC1=CC=CC(C)[N+]1=O.CC1=CC=CC(C)[N+]1=O.[Cl][Pt][Cl]. The van der Waals surface area contributed by atoms with Crippen molar-refractivity contribution in [2.45, 2.75) is 79.6 Å². The third-order valence-electron chi connectivity index (χ3n) is 5.78. The van der Waals surface area contributed by atoms with Crippen LogP contribution in [-0.2, 0) is 16.5 Å². The van der Waals surface area contributed by atoms with Crippen LogP contribution in [0.4, 0.5) is 0 Å². The standard InChI is InChI=1S/4C7H10NO.2ClH.Pt/c4*1-6-4-3-5-7(2)8(6)9;;;/h4*3-6H,1-2H3;2*1H;/q4*+1;;;+2/p-2. The molecule has 4 atom stereocenters. The van der Waals surface area contributed by atoms with Gasteiger partial charge in [-0.1, -0.05) is 24.3 Å². The van der Waals surface area contributed by atoms with Gasteiger partial charge in [-0.3, -0.25) is 0 Å². The molecular formula is C28H40Cl2N4O4Pt+4. The van der Waals surface area contributed by atoms with Crippen LogP contribution in [0.2, 0.25) is 0 Å². The first-order valence-corrected chi connectivity index (χ1v) is 18.0. The van der Waals surface area contributed by atoms with E-state index >= 15 is 0 Å². The van der Waals surface area contributed by atoms with Gasteiger partial charge in [0.05, 0.1) is 0 Å². The molecule has 0 aromatic carbocycles. The third-order valence-corrected chi connectivity index (χ3v) is 5.78. The molecule has 0 N–H and O–H groups in total. The number of halogens is 2. The Balaban J connectivity index is 0.000000477. The zero-order valence-electron chi connectivity index (χ0n) is 23.7. The molecule has 4 aliphatic rings. The molecule has 4 heterocycles. The molecular weight excluding hydrogens is 722 g/mol. The van der Waals surface area contributed by atoms with Gasteiger partial charge < -0.3 is 0 Å². The van der Waals surface area contributed by atoms with E-state index in [1.165, 1.54) is 0 Å². The van der Waals surface area contributed by atoms with Crippen LogP contribution in [0.15, 0.2) is 95.7 Å². The maximum atomic E-state index is 10.9. The van der Waals surface area contributed by atoms with Gasteiger partial charge in [-0.25, -0.2) is 0 Å². The van der Waals surface area contributed by atoms with Gasteiger partial charge in [0.2, 0.25) is 47.0 Å². The normalized spacial score (nSPS) is 24.8. The minimum atomic E-state index is -0.472. The van der Waals surface area contributed by atoms with Crippen molar-refractivity contribution in [2.75, 3.05) is 0 Å². The van der Waals surface area contributed by atoms with Crippen molar-refractivity contribution in [3.8, 4) is 0 Å². The van der Waals surface area contributed by atoms with Gasteiger partial charge in [-0.05, 0) is 24.3 Å². The fraction of sp³-hybridized carbons (Fsp3) is 0.429. The number of nitrogens with zero attached hydrogens (tertiary/aromatic N) is 4. The molecule has 0 aromatic heterocycles. The Bertz CT molecular complexity index is 974. The molecule has 0 amide bonds. The molecule has 216 valence electrons. The Labute approximate surface area is 248 Å². The van der Waals surface area contributed by atoms with Gasteiger partial charge in [0.15, 0.2) is 0 Å². The molecule has 0 saturated carbocycles. The van der Waals surface area contributed by atoms with Crippen LogP contribution in [0.25, 0.3) is 0 Å². The summed E-state index contributed by atoms with van der Waals surface area (Å²) >= 11 is -0.472. The summed E-state index contributed by atoms with van der Waals surface area (Å²) in [4.78, 5) is 43.7. The van der Waals surface area contributed by atoms with Crippen LogP contribution in [0.5, 0.6) is 0 Å². The number of hydrogen-bond acceptors (Lipinski definition) is 4. The van der Waals surface area contributed by atoms with Crippen molar-refractivity contribution in [1.29, 1.82) is 0 Å². The molecule has 0 saturated heterocycles. The van der Waals surface area contributed by atoms with Crippen LogP contribution >= 0.6 is 18.8 Å². The molecule has 0 fully saturated rings. The third kappa shape index (κ3) is 14.0. The Morgan fingerprint density at radius 2 is 0.641 bits per heavy atom. The van der Waals surface area contributed by atoms with Crippen molar-refractivity contribution in [1.82, 2.24) is 0 Å². The van der Waals surface area contributed by atoms with Crippen molar-refractivity contribution in [3.05, 3.63) is 115 Å². The second-order valence-electron chi connectivity index (χ2n) is 9.08. The van der Waals surface area contributed by atoms with E-state index in [0.29, 0.717) is 0 Å². The van der Waals surface area contributed by atoms with E-state index in [1.54, 1.807) is 0 Å². The van der Waals surface area contributed by atoms with E-state index in [0.717, 1.165) is 41.8 Å². The minimum absolute atomic E-state index is 0.00926. The van der Waals surface area contributed by atoms with Crippen molar-refractivity contribution >= 4 is 18.8 Å². The molecule has 0 radical (unpaired) electrons. The summed E-state index contributed by atoms with van der Waals surface area (Å²) in [5.74, 6) is 0. The first kappa shape index (κ1) is 36.6. The van der Waals surface area contributed by atoms with Crippen molar-refractivity contribution in [3.63, 3.8) is 0 Å². The average Bonchev–Trinajstić information content (AvgIpc) is 2.89. The van der Waals surface area contributed by atoms with Gasteiger partial charge in [-0.2, -0.15) is 0 Å². The van der Waals surface area contributed by atoms with Crippen LogP contribution in [-0.4, -0.2) is 43.2 Å². The van der Waals surface area contributed by atoms with E-state index in [2.05, 4.69) is 0 Å². The molecule has 0 bridgehead atoms. The van der Waals surface area contributed by atoms with Crippen LogP contribution in [0.3, 0.4) is 0 Å². The van der Waals surface area contributed by atoms with E-state index in [-0.39, 0.29) is 24.2 Å². The van der Waals surface area contributed by atoms with Crippen LogP contribution in [0.1, 0.15) is 55.4 Å². The van der Waals surface area contributed by atoms with Gasteiger partial charge in [0, 0.05) is 118 Å². The molecule has 4 unspecified atom stereocenters. The van der Waals surface area contributed by atoms with Gasteiger partial charge in [-0.15, -0.1) is 0 Å². The molecule has 4 rings (SSSR count). The summed E-state index contributed by atoms with van der Waals surface area (Å²) in [5, 5.41) is 0. The summed E-state index contributed by atoms with van der Waals surface area (Å²) < 4.78 is 4.00. The Morgan fingerprint density at radius 1 is 0.487 bits per heavy atom. The van der Waals surface area contributed by atoms with Gasteiger partial charge in [0.25, 0.3) is 0 Å². The van der Waals surface area contributed by atoms with Crippen molar-refractivity contribution in [2.24, 2.45) is 0 Å². The molecule has 11 heteroatoms. The molecule has 0 aromatic rings. The second-order valence-corrected chi connectivity index (χ2v) is 12.4. The molecule has 0 aliphatic carbocycles. The quantitative estimate of drug-likeness (QED) is 0.235. The number of rotatable bonds is 0. The van der Waals surface area contributed by atoms with Crippen molar-refractivity contribution < 1.29 is 35.5 Å². The van der Waals surface area contributed by atoms with Gasteiger partial charge >= 0.3 is 35.3 Å². The topological polar surface area (TPSA) is 80.3 Å². The summed E-state index contributed by atoms with van der Waals surface area (Å²) in [6, 6.07) is 0.0370. The number of nitroso groups, excluding NO2 is 4. The first-order valence-electron chi connectivity index (χ1n) is 12.4. The molecule has 39 heavy (non-hydrogen) atoms. The number of allylic oxidation sites excluding steroid dienone is 12. The monoisotopic (exact) mass is 761 g/mol. The summed E-state index contributed by atoms with van der Waals surface area (Å²) in [5.41, 5.74) is 3.13. The van der Waals surface area contributed by atoms with E-state index in [4.69, 9.17) is 18.8 Å². The van der Waals surface area contributed by atoms with E-state index < -0.39 is 16.5 Å². The molecule has 4 aliphatic heterocycles. The van der Waals surface area contributed by atoms with E-state index in [1.807, 2.05) is 128 Å². The van der Waals surface area contributed by atoms with Crippen LogP contribution in [0, 0.1) is 19.6 Å². The van der Waals surface area contributed by atoms with Crippen LogP contribution < -0.4 is 0 Å².